The molecule has 0 spiro atoms. The van der Waals surface area contributed by atoms with Crippen LogP contribution in [-0.4, -0.2) is 47.9 Å². The molecule has 3 fully saturated rings. The van der Waals surface area contributed by atoms with Crippen LogP contribution in [0.5, 0.6) is 0 Å². The van der Waals surface area contributed by atoms with Crippen LogP contribution in [0.1, 0.15) is 31.2 Å². The zero-order valence-electron chi connectivity index (χ0n) is 12.5. The molecule has 0 aromatic carbocycles. The summed E-state index contributed by atoms with van der Waals surface area (Å²) in [7, 11) is 0. The number of fused-ring (bicyclic) bond motifs is 2. The first kappa shape index (κ1) is 13.7. The molecule has 2 heterocycles. The second-order valence-electron chi connectivity index (χ2n) is 6.63. The number of rotatable bonds is 5. The number of hydrogen-bond donors (Lipinski definition) is 0. The first-order chi connectivity index (χ1) is 10.4. The Bertz CT molecular complexity index is 463. The minimum atomic E-state index is 0.268. The van der Waals surface area contributed by atoms with Crippen molar-refractivity contribution in [1.82, 2.24) is 9.88 Å². The largest absolute Gasteiger partial charge is 0.374 e. The molecule has 1 aliphatic heterocycles. The van der Waals surface area contributed by atoms with Crippen LogP contribution in [0.4, 0.5) is 0 Å². The van der Waals surface area contributed by atoms with Crippen molar-refractivity contribution in [2.24, 2.45) is 5.92 Å². The highest BCUT2D eigenvalue weighted by molar-refractivity contribution is 5.09. The van der Waals surface area contributed by atoms with Gasteiger partial charge in [-0.1, -0.05) is 6.07 Å². The molecule has 4 rings (SSSR count). The minimum absolute atomic E-state index is 0.268. The smallest absolute Gasteiger partial charge is 0.0991 e. The van der Waals surface area contributed by atoms with E-state index in [1.54, 1.807) is 0 Å². The van der Waals surface area contributed by atoms with Crippen molar-refractivity contribution in [3.05, 3.63) is 30.1 Å². The van der Waals surface area contributed by atoms with E-state index in [0.717, 1.165) is 38.6 Å². The summed E-state index contributed by atoms with van der Waals surface area (Å²) in [6.07, 6.45) is 9.42. The molecule has 0 radical (unpaired) electrons. The Morgan fingerprint density at radius 1 is 1.29 bits per heavy atom. The van der Waals surface area contributed by atoms with Crippen LogP contribution in [-0.2, 0) is 16.0 Å². The first-order valence-electron chi connectivity index (χ1n) is 8.26. The zero-order chi connectivity index (χ0) is 14.1. The van der Waals surface area contributed by atoms with Crippen molar-refractivity contribution in [2.75, 3.05) is 19.8 Å². The second-order valence-corrected chi connectivity index (χ2v) is 6.63. The molecular formula is C17H24N2O2. The van der Waals surface area contributed by atoms with Gasteiger partial charge in [0.05, 0.1) is 18.8 Å². The third-order valence-electron chi connectivity index (χ3n) is 5.00. The lowest BCUT2D eigenvalue weighted by atomic mass is 10.1. The lowest BCUT2D eigenvalue weighted by Gasteiger charge is -2.31. The van der Waals surface area contributed by atoms with Crippen LogP contribution in [0.15, 0.2) is 24.5 Å². The Morgan fingerprint density at radius 2 is 2.24 bits per heavy atom. The van der Waals surface area contributed by atoms with Gasteiger partial charge in [0.1, 0.15) is 0 Å². The van der Waals surface area contributed by atoms with Crippen molar-refractivity contribution < 1.29 is 9.47 Å². The fourth-order valence-corrected chi connectivity index (χ4v) is 3.64. The number of nitrogens with zero attached hydrogens (tertiary/aromatic N) is 2. The second kappa shape index (κ2) is 6.03. The predicted octanol–water partition coefficient (Wildman–Crippen LogP) is 2.24. The van der Waals surface area contributed by atoms with Gasteiger partial charge in [0.25, 0.3) is 0 Å². The van der Waals surface area contributed by atoms with E-state index in [-0.39, 0.29) is 6.10 Å². The Morgan fingerprint density at radius 3 is 3.05 bits per heavy atom. The van der Waals surface area contributed by atoms with E-state index in [4.69, 9.17) is 9.47 Å². The average molecular weight is 288 g/mol. The third kappa shape index (κ3) is 3.12. The van der Waals surface area contributed by atoms with Gasteiger partial charge >= 0.3 is 0 Å². The Balaban J connectivity index is 1.45. The minimum Gasteiger partial charge on any atom is -0.374 e. The van der Waals surface area contributed by atoms with E-state index in [9.17, 15) is 0 Å². The van der Waals surface area contributed by atoms with Crippen LogP contribution in [0.25, 0.3) is 0 Å². The average Bonchev–Trinajstić information content (AvgIpc) is 3.26. The summed E-state index contributed by atoms with van der Waals surface area (Å²) in [6.45, 7) is 3.71. The molecule has 0 N–H and O–H groups in total. The molecule has 1 aromatic heterocycles. The van der Waals surface area contributed by atoms with Gasteiger partial charge in [-0.25, -0.2) is 0 Å². The molecule has 2 bridgehead atoms. The maximum absolute atomic E-state index is 6.26. The Hall–Kier alpha value is -0.970. The molecule has 1 saturated heterocycles. The van der Waals surface area contributed by atoms with Crippen molar-refractivity contribution in [1.29, 1.82) is 0 Å². The fourth-order valence-electron chi connectivity index (χ4n) is 3.64. The highest BCUT2D eigenvalue weighted by atomic mass is 16.5. The van der Waals surface area contributed by atoms with E-state index in [1.807, 2.05) is 18.5 Å². The molecule has 3 atom stereocenters. The highest BCUT2D eigenvalue weighted by Crippen LogP contribution is 2.35. The predicted molar refractivity (Wildman–Crippen MR) is 79.9 cm³/mol. The maximum Gasteiger partial charge on any atom is 0.0991 e. The first-order valence-corrected chi connectivity index (χ1v) is 8.26. The van der Waals surface area contributed by atoms with Gasteiger partial charge in [0.15, 0.2) is 0 Å². The quantitative estimate of drug-likeness (QED) is 0.832. The van der Waals surface area contributed by atoms with Gasteiger partial charge in [0, 0.05) is 38.1 Å². The van der Waals surface area contributed by atoms with Crippen molar-refractivity contribution in [3.8, 4) is 0 Å². The van der Waals surface area contributed by atoms with Crippen LogP contribution in [0.2, 0.25) is 0 Å². The molecule has 1 aromatic rings. The number of pyridine rings is 1. The van der Waals surface area contributed by atoms with Gasteiger partial charge in [-0.2, -0.15) is 0 Å². The van der Waals surface area contributed by atoms with Gasteiger partial charge in [-0.15, -0.1) is 0 Å². The number of ether oxygens (including phenoxy) is 2. The third-order valence-corrected chi connectivity index (χ3v) is 5.00. The van der Waals surface area contributed by atoms with Gasteiger partial charge < -0.3 is 9.47 Å². The molecule has 4 nitrogen and oxygen atoms in total. The summed E-state index contributed by atoms with van der Waals surface area (Å²) in [5, 5.41) is 0. The summed E-state index contributed by atoms with van der Waals surface area (Å²) < 4.78 is 12.3. The number of hydrogen-bond acceptors (Lipinski definition) is 4. The molecule has 3 aliphatic rings. The van der Waals surface area contributed by atoms with E-state index >= 15 is 0 Å². The lowest BCUT2D eigenvalue weighted by Crippen LogP contribution is -2.43. The maximum atomic E-state index is 6.26. The van der Waals surface area contributed by atoms with E-state index < -0.39 is 0 Å². The fraction of sp³-hybridized carbons (Fsp3) is 0.706. The molecule has 114 valence electrons. The number of aromatic nitrogens is 1. The monoisotopic (exact) mass is 288 g/mol. The van der Waals surface area contributed by atoms with Crippen LogP contribution >= 0.6 is 0 Å². The summed E-state index contributed by atoms with van der Waals surface area (Å²) in [6, 6.07) is 4.68. The summed E-state index contributed by atoms with van der Waals surface area (Å²) in [5.74, 6) is 0.819. The molecule has 0 amide bonds. The lowest BCUT2D eigenvalue weighted by molar-refractivity contribution is -0.0572. The van der Waals surface area contributed by atoms with Gasteiger partial charge in [-0.05, 0) is 43.2 Å². The Labute approximate surface area is 126 Å². The van der Waals surface area contributed by atoms with Crippen molar-refractivity contribution in [3.63, 3.8) is 0 Å². The highest BCUT2D eigenvalue weighted by Gasteiger charge is 2.43. The summed E-state index contributed by atoms with van der Waals surface area (Å²) >= 11 is 0. The normalized spacial score (nSPS) is 33.0. The van der Waals surface area contributed by atoms with Crippen molar-refractivity contribution >= 4 is 0 Å². The van der Waals surface area contributed by atoms with Crippen LogP contribution in [0.3, 0.4) is 0 Å². The molecule has 4 heteroatoms. The Kier molecular flexibility index (Phi) is 3.93. The van der Waals surface area contributed by atoms with E-state index in [1.165, 1.54) is 24.8 Å². The van der Waals surface area contributed by atoms with Crippen LogP contribution in [0, 0.1) is 5.92 Å². The molecular weight excluding hydrogens is 264 g/mol. The molecule has 0 unspecified atom stereocenters. The summed E-state index contributed by atoms with van der Waals surface area (Å²) in [4.78, 5) is 6.78. The van der Waals surface area contributed by atoms with Crippen LogP contribution < -0.4 is 0 Å². The molecule has 2 saturated carbocycles. The van der Waals surface area contributed by atoms with E-state index in [2.05, 4.69) is 16.0 Å². The topological polar surface area (TPSA) is 34.6 Å². The molecule has 21 heavy (non-hydrogen) atoms. The van der Waals surface area contributed by atoms with Gasteiger partial charge in [-0.3, -0.25) is 9.88 Å². The summed E-state index contributed by atoms with van der Waals surface area (Å²) in [5.41, 5.74) is 1.28. The van der Waals surface area contributed by atoms with E-state index in [0.29, 0.717) is 12.1 Å². The zero-order valence-corrected chi connectivity index (χ0v) is 12.5. The van der Waals surface area contributed by atoms with Crippen molar-refractivity contribution in [2.45, 2.75) is 50.5 Å². The SMILES string of the molecule is c1cncc(CN2CCO[C@H]3CC[C@H]2[C@H]3OCC2CC2)c1. The molecule has 2 aliphatic carbocycles. The van der Waals surface area contributed by atoms with Gasteiger partial charge in [0.2, 0.25) is 0 Å². The standard InChI is InChI=1S/C17H24N2O2/c1-2-14(10-18-7-1)11-19-8-9-20-16-6-5-15(19)17(16)21-12-13-3-4-13/h1-2,7,10,13,15-17H,3-6,8-9,11-12H2/t15-,16-,17+/m0/s1.